The van der Waals surface area contributed by atoms with Gasteiger partial charge in [-0.15, -0.1) is 0 Å². The first kappa shape index (κ1) is 12.9. The molecule has 18 heavy (non-hydrogen) atoms. The van der Waals surface area contributed by atoms with Crippen molar-refractivity contribution in [2.24, 2.45) is 17.8 Å². The van der Waals surface area contributed by atoms with Crippen molar-refractivity contribution in [1.82, 2.24) is 4.90 Å². The molecule has 0 aromatic rings. The van der Waals surface area contributed by atoms with Gasteiger partial charge in [0.25, 0.3) is 0 Å². The van der Waals surface area contributed by atoms with Crippen LogP contribution in [0.4, 0.5) is 0 Å². The van der Waals surface area contributed by atoms with Crippen LogP contribution in [0.15, 0.2) is 0 Å². The Hall–Kier alpha value is -0.130. The highest BCUT2D eigenvalue weighted by Crippen LogP contribution is 2.38. The molecule has 1 aliphatic carbocycles. The van der Waals surface area contributed by atoms with E-state index in [2.05, 4.69) is 4.90 Å². The van der Waals surface area contributed by atoms with E-state index in [-0.39, 0.29) is 6.10 Å². The number of hydrogen-bond acceptors (Lipinski definition) is 4. The van der Waals surface area contributed by atoms with E-state index in [1.807, 2.05) is 0 Å². The van der Waals surface area contributed by atoms with Gasteiger partial charge in [-0.3, -0.25) is 0 Å². The molecule has 1 saturated carbocycles. The summed E-state index contributed by atoms with van der Waals surface area (Å²) >= 11 is 0. The normalized spacial score (nSPS) is 43.4. The Kier molecular flexibility index (Phi) is 3.41. The van der Waals surface area contributed by atoms with Crippen LogP contribution in [0.3, 0.4) is 0 Å². The predicted molar refractivity (Wildman–Crippen MR) is 70.0 cm³/mol. The lowest BCUT2D eigenvalue weighted by atomic mass is 10.0. The molecule has 1 N–H and O–H groups in total. The lowest BCUT2D eigenvalue weighted by molar-refractivity contribution is 0.161. The Morgan fingerprint density at radius 1 is 1.17 bits per heavy atom. The number of aliphatic hydroxyl groups excluding tert-OH is 1. The molecule has 4 nitrogen and oxygen atoms in total. The molecule has 2 unspecified atom stereocenters. The highest BCUT2D eigenvalue weighted by atomic mass is 32.2. The molecule has 0 radical (unpaired) electrons. The van der Waals surface area contributed by atoms with Gasteiger partial charge in [0.1, 0.15) is 0 Å². The van der Waals surface area contributed by atoms with Crippen LogP contribution in [0.25, 0.3) is 0 Å². The van der Waals surface area contributed by atoms with E-state index in [4.69, 9.17) is 0 Å². The maximum Gasteiger partial charge on any atom is 0.150 e. The molecule has 5 heteroatoms. The predicted octanol–water partition coefficient (Wildman–Crippen LogP) is 0.514. The summed E-state index contributed by atoms with van der Waals surface area (Å²) in [5, 5.41) is 9.60. The standard InChI is InChI=1S/C13H23NO3S/c15-13-5-11-7-14(8-12(11)6-13)3-1-10-2-4-18(16,17)9-10/h10-13,15H,1-9H2/t10?,11-,12+,13?. The van der Waals surface area contributed by atoms with Crippen LogP contribution < -0.4 is 0 Å². The fourth-order valence-corrected chi connectivity index (χ4v) is 5.92. The van der Waals surface area contributed by atoms with Crippen LogP contribution in [0.2, 0.25) is 0 Å². The summed E-state index contributed by atoms with van der Waals surface area (Å²) in [4.78, 5) is 2.48. The minimum Gasteiger partial charge on any atom is -0.393 e. The van der Waals surface area contributed by atoms with Gasteiger partial charge in [0.05, 0.1) is 17.6 Å². The van der Waals surface area contributed by atoms with Crippen molar-refractivity contribution in [2.75, 3.05) is 31.1 Å². The van der Waals surface area contributed by atoms with Gasteiger partial charge in [-0.1, -0.05) is 0 Å². The summed E-state index contributed by atoms with van der Waals surface area (Å²) in [5.41, 5.74) is 0. The Bertz CT molecular complexity index is 394. The average molecular weight is 273 g/mol. The molecule has 4 atom stereocenters. The highest BCUT2D eigenvalue weighted by Gasteiger charge is 2.40. The first-order valence-corrected chi connectivity index (χ1v) is 8.95. The molecule has 2 saturated heterocycles. The number of hydrogen-bond donors (Lipinski definition) is 1. The Morgan fingerprint density at radius 3 is 2.39 bits per heavy atom. The summed E-state index contributed by atoms with van der Waals surface area (Å²) in [6.45, 7) is 3.27. The average Bonchev–Trinajstić information content (AvgIpc) is 2.88. The monoisotopic (exact) mass is 273 g/mol. The van der Waals surface area contributed by atoms with Gasteiger partial charge in [0.2, 0.25) is 0 Å². The minimum absolute atomic E-state index is 0.0675. The van der Waals surface area contributed by atoms with Gasteiger partial charge >= 0.3 is 0 Å². The fraction of sp³-hybridized carbons (Fsp3) is 1.00. The van der Waals surface area contributed by atoms with Crippen molar-refractivity contribution in [3.05, 3.63) is 0 Å². The topological polar surface area (TPSA) is 57.6 Å². The van der Waals surface area contributed by atoms with Crippen molar-refractivity contribution in [1.29, 1.82) is 0 Å². The fourth-order valence-electron chi connectivity index (χ4n) is 4.01. The van der Waals surface area contributed by atoms with Crippen molar-refractivity contribution in [3.8, 4) is 0 Å². The molecule has 2 aliphatic heterocycles. The summed E-state index contributed by atoms with van der Waals surface area (Å²) in [6.07, 6.45) is 3.77. The number of rotatable bonds is 3. The number of aliphatic hydroxyl groups is 1. The van der Waals surface area contributed by atoms with Gasteiger partial charge in [-0.2, -0.15) is 0 Å². The van der Waals surface area contributed by atoms with Crippen LogP contribution in [0.1, 0.15) is 25.7 Å². The maximum atomic E-state index is 11.4. The van der Waals surface area contributed by atoms with Crippen molar-refractivity contribution < 1.29 is 13.5 Å². The third-order valence-corrected chi connectivity index (χ3v) is 6.82. The van der Waals surface area contributed by atoms with Gasteiger partial charge in [-0.25, -0.2) is 8.42 Å². The molecule has 3 fully saturated rings. The maximum absolute atomic E-state index is 11.4. The second-order valence-corrected chi connectivity index (χ2v) is 8.69. The van der Waals surface area contributed by atoms with Crippen LogP contribution in [0.5, 0.6) is 0 Å². The summed E-state index contributed by atoms with van der Waals surface area (Å²) in [7, 11) is -2.72. The molecular weight excluding hydrogens is 250 g/mol. The third-order valence-electron chi connectivity index (χ3n) is 4.98. The van der Waals surface area contributed by atoms with Gasteiger partial charge < -0.3 is 10.0 Å². The van der Waals surface area contributed by atoms with E-state index in [0.717, 1.165) is 45.3 Å². The summed E-state index contributed by atoms with van der Waals surface area (Å²) in [6, 6.07) is 0. The van der Waals surface area contributed by atoms with Gasteiger partial charge in [-0.05, 0) is 50.0 Å². The lowest BCUT2D eigenvalue weighted by Crippen LogP contribution is -2.26. The zero-order valence-corrected chi connectivity index (χ0v) is 11.6. The second kappa shape index (κ2) is 4.76. The van der Waals surface area contributed by atoms with Crippen LogP contribution in [-0.2, 0) is 9.84 Å². The number of sulfone groups is 1. The molecule has 104 valence electrons. The number of likely N-dealkylation sites (tertiary alicyclic amines) is 1. The minimum atomic E-state index is -2.72. The number of nitrogens with zero attached hydrogens (tertiary/aromatic N) is 1. The molecular formula is C13H23NO3S. The summed E-state index contributed by atoms with van der Waals surface area (Å²) in [5.74, 6) is 2.57. The first-order valence-electron chi connectivity index (χ1n) is 7.13. The van der Waals surface area contributed by atoms with Crippen LogP contribution in [0, 0.1) is 17.8 Å². The zero-order valence-electron chi connectivity index (χ0n) is 10.8. The Labute approximate surface area is 109 Å². The summed E-state index contributed by atoms with van der Waals surface area (Å²) < 4.78 is 22.8. The molecule has 0 aromatic heterocycles. The van der Waals surface area contributed by atoms with Crippen molar-refractivity contribution in [3.63, 3.8) is 0 Å². The Balaban J connectivity index is 1.43. The smallest absolute Gasteiger partial charge is 0.150 e. The zero-order chi connectivity index (χ0) is 12.8. The van der Waals surface area contributed by atoms with Crippen LogP contribution >= 0.6 is 0 Å². The highest BCUT2D eigenvalue weighted by molar-refractivity contribution is 7.91. The molecule has 3 aliphatic rings. The first-order chi connectivity index (χ1) is 8.52. The number of fused-ring (bicyclic) bond motifs is 1. The Morgan fingerprint density at radius 2 is 1.83 bits per heavy atom. The van der Waals surface area contributed by atoms with E-state index in [0.29, 0.717) is 29.3 Å². The van der Waals surface area contributed by atoms with E-state index in [9.17, 15) is 13.5 Å². The van der Waals surface area contributed by atoms with E-state index in [1.54, 1.807) is 0 Å². The molecule has 3 rings (SSSR count). The SMILES string of the molecule is O=S1(=O)CCC(CCN2C[C@H]3CC(O)C[C@H]3C2)C1. The third kappa shape index (κ3) is 2.73. The van der Waals surface area contributed by atoms with Crippen LogP contribution in [-0.4, -0.2) is 55.7 Å². The van der Waals surface area contributed by atoms with E-state index >= 15 is 0 Å². The van der Waals surface area contributed by atoms with Gasteiger partial charge in [0, 0.05) is 13.1 Å². The molecule has 0 amide bonds. The molecule has 2 heterocycles. The van der Waals surface area contributed by atoms with Crippen molar-refractivity contribution in [2.45, 2.75) is 31.8 Å². The largest absolute Gasteiger partial charge is 0.393 e. The lowest BCUT2D eigenvalue weighted by Gasteiger charge is -2.19. The molecule has 0 aromatic carbocycles. The van der Waals surface area contributed by atoms with Gasteiger partial charge in [0.15, 0.2) is 9.84 Å². The quantitative estimate of drug-likeness (QED) is 0.814. The van der Waals surface area contributed by atoms with E-state index < -0.39 is 9.84 Å². The molecule has 0 spiro atoms. The molecule has 0 bridgehead atoms. The van der Waals surface area contributed by atoms with E-state index in [1.165, 1.54) is 0 Å². The second-order valence-electron chi connectivity index (χ2n) is 6.46. The van der Waals surface area contributed by atoms with Crippen molar-refractivity contribution >= 4 is 9.84 Å².